The summed E-state index contributed by atoms with van der Waals surface area (Å²) in [6.07, 6.45) is 2.05. The molecule has 0 spiro atoms. The molecule has 5 aromatic carbocycles. The molecular weight excluding hydrogens is 569 g/mol. The third kappa shape index (κ3) is 2.98. The maximum atomic E-state index is 4.98. The molecule has 0 unspecified atom stereocenters. The van der Waals surface area contributed by atoms with Crippen LogP contribution in [-0.2, 0) is 7.05 Å². The second-order valence-corrected chi connectivity index (χ2v) is 13.2. The van der Waals surface area contributed by atoms with Crippen molar-refractivity contribution in [3.63, 3.8) is 0 Å². The van der Waals surface area contributed by atoms with Crippen LogP contribution < -0.4 is 0 Å². The number of pyridine rings is 1. The number of hydrogen-bond donors (Lipinski definition) is 0. The van der Waals surface area contributed by atoms with Gasteiger partial charge in [0.05, 0.1) is 43.3 Å². The van der Waals surface area contributed by atoms with Crippen molar-refractivity contribution in [3.8, 4) is 0 Å². The maximum Gasteiger partial charge on any atom is 0.0972 e. The Kier molecular flexibility index (Phi) is 4.38. The molecule has 0 atom stereocenters. The van der Waals surface area contributed by atoms with Crippen LogP contribution in [0.3, 0.4) is 0 Å². The van der Waals surface area contributed by atoms with Gasteiger partial charge in [-0.15, -0.1) is 11.3 Å². The largest absolute Gasteiger partial charge is 0.340 e. The molecule has 0 saturated heterocycles. The van der Waals surface area contributed by atoms with Crippen molar-refractivity contribution < 1.29 is 0 Å². The minimum atomic E-state index is 0.989. The highest BCUT2D eigenvalue weighted by atomic mass is 32.1. The zero-order valence-corrected chi connectivity index (χ0v) is 25.1. The van der Waals surface area contributed by atoms with E-state index < -0.39 is 0 Å². The van der Waals surface area contributed by atoms with Crippen molar-refractivity contribution in [2.24, 2.45) is 7.05 Å². The van der Waals surface area contributed by atoms with Gasteiger partial charge in [0.25, 0.3) is 0 Å². The summed E-state index contributed by atoms with van der Waals surface area (Å²) in [7, 11) is 2.22. The molecular formula is C40H24N4S. The molecule has 6 aromatic heterocycles. The van der Waals surface area contributed by atoms with E-state index in [9.17, 15) is 0 Å². The van der Waals surface area contributed by atoms with Gasteiger partial charge in [-0.05, 0) is 65.4 Å². The molecule has 210 valence electrons. The number of thiophene rings is 1. The minimum Gasteiger partial charge on any atom is -0.340 e. The lowest BCUT2D eigenvalue weighted by molar-refractivity contribution is 1.02. The Morgan fingerprint density at radius 2 is 1.09 bits per heavy atom. The SMILES string of the molecule is Cn1c2c3ccccc3n3c4cccc(c4)c4ccc5sc6cnc(cc6c5c4)c4cccc(c4)n4c5ccccc5c1c4c23. The number of rotatable bonds is 0. The number of hydrogen-bond acceptors (Lipinski definition) is 2. The Bertz CT molecular complexity index is 2910. The van der Waals surface area contributed by atoms with E-state index in [4.69, 9.17) is 4.98 Å². The topological polar surface area (TPSA) is 26.6 Å². The van der Waals surface area contributed by atoms with Gasteiger partial charge >= 0.3 is 0 Å². The first kappa shape index (κ1) is 23.8. The van der Waals surface area contributed by atoms with Gasteiger partial charge in [0, 0.05) is 55.9 Å². The maximum absolute atomic E-state index is 4.98. The van der Waals surface area contributed by atoms with Crippen molar-refractivity contribution in [3.05, 3.63) is 128 Å². The lowest BCUT2D eigenvalue weighted by Crippen LogP contribution is -1.88. The third-order valence-corrected chi connectivity index (χ3v) is 10.9. The Balaban J connectivity index is 1.53. The first-order chi connectivity index (χ1) is 22.2. The Hall–Kier alpha value is -5.65. The Labute approximate surface area is 260 Å². The first-order valence-corrected chi connectivity index (χ1v) is 16.1. The average molecular weight is 593 g/mol. The van der Waals surface area contributed by atoms with Gasteiger partial charge in [0.15, 0.2) is 0 Å². The molecule has 4 nitrogen and oxygen atoms in total. The second-order valence-electron chi connectivity index (χ2n) is 12.1. The highest BCUT2D eigenvalue weighted by Crippen LogP contribution is 2.42. The fourth-order valence-electron chi connectivity index (χ4n) is 7.86. The number of aryl methyl sites for hydroxylation is 1. The zero-order valence-electron chi connectivity index (χ0n) is 24.3. The van der Waals surface area contributed by atoms with Gasteiger partial charge in [-0.25, -0.2) is 0 Å². The molecule has 11 aromatic rings. The van der Waals surface area contributed by atoms with Crippen LogP contribution >= 0.6 is 11.3 Å². The van der Waals surface area contributed by atoms with Gasteiger partial charge in [0.1, 0.15) is 0 Å². The van der Waals surface area contributed by atoms with Crippen molar-refractivity contribution in [2.45, 2.75) is 0 Å². The molecule has 6 heterocycles. The number of nitrogens with zero attached hydrogens (tertiary/aromatic N) is 4. The summed E-state index contributed by atoms with van der Waals surface area (Å²) in [4.78, 5) is 4.98. The Morgan fingerprint density at radius 1 is 0.489 bits per heavy atom. The monoisotopic (exact) mass is 592 g/mol. The van der Waals surface area contributed by atoms with E-state index >= 15 is 0 Å². The third-order valence-electron chi connectivity index (χ3n) is 9.79. The Morgan fingerprint density at radius 3 is 1.80 bits per heavy atom. The molecule has 8 bridgehead atoms. The summed E-state index contributed by atoms with van der Waals surface area (Å²) < 4.78 is 9.85. The molecule has 0 aliphatic rings. The number of benzene rings is 5. The highest BCUT2D eigenvalue weighted by molar-refractivity contribution is 7.25. The summed E-state index contributed by atoms with van der Waals surface area (Å²) in [6.45, 7) is 0. The quantitative estimate of drug-likeness (QED) is 0.172. The van der Waals surface area contributed by atoms with E-state index in [0.29, 0.717) is 0 Å². The van der Waals surface area contributed by atoms with Crippen molar-refractivity contribution >= 4 is 108 Å². The zero-order chi connectivity index (χ0) is 29.4. The van der Waals surface area contributed by atoms with Gasteiger partial charge in [0.2, 0.25) is 0 Å². The molecule has 5 heteroatoms. The van der Waals surface area contributed by atoms with Crippen LogP contribution in [0.1, 0.15) is 0 Å². The summed E-state index contributed by atoms with van der Waals surface area (Å²) in [5.41, 5.74) is 10.6. The molecule has 0 fully saturated rings. The lowest BCUT2D eigenvalue weighted by atomic mass is 10.1. The summed E-state index contributed by atoms with van der Waals surface area (Å²) in [6, 6.07) is 44.8. The van der Waals surface area contributed by atoms with Gasteiger partial charge < -0.3 is 13.4 Å². The fraction of sp³-hybridized carbons (Fsp3) is 0.0250. The second kappa shape index (κ2) is 8.29. The van der Waals surface area contributed by atoms with Crippen LogP contribution in [-0.4, -0.2) is 18.4 Å². The van der Waals surface area contributed by atoms with E-state index in [1.807, 2.05) is 17.5 Å². The molecule has 0 aliphatic heterocycles. The summed E-state index contributed by atoms with van der Waals surface area (Å²) >= 11 is 1.81. The van der Waals surface area contributed by atoms with Crippen molar-refractivity contribution in [1.29, 1.82) is 0 Å². The summed E-state index contributed by atoms with van der Waals surface area (Å²) in [5, 5.41) is 8.57. The van der Waals surface area contributed by atoms with Crippen molar-refractivity contribution in [1.82, 2.24) is 18.4 Å². The smallest absolute Gasteiger partial charge is 0.0972 e. The predicted molar refractivity (Wildman–Crippen MR) is 192 cm³/mol. The molecule has 11 rings (SSSR count). The molecule has 0 saturated carbocycles. The standard InChI is InChI=1S/C40H24N4S/c1-42-37-28-12-2-4-14-33(28)43-26-10-6-8-23(18-26)24-16-17-35-30(20-24)31-21-32(41-22-36(31)45-35)25-9-7-11-27(19-25)44-34-15-5-3-13-29(34)38(42)40(44)39(37)43/h2-22H,1H3. The normalized spacial score (nSPS) is 12.6. The molecule has 0 N–H and O–H groups in total. The lowest BCUT2D eigenvalue weighted by Gasteiger charge is -2.04. The van der Waals surface area contributed by atoms with E-state index in [1.165, 1.54) is 74.8 Å². The van der Waals surface area contributed by atoms with Crippen molar-refractivity contribution in [2.75, 3.05) is 0 Å². The number of para-hydroxylation sites is 2. The van der Waals surface area contributed by atoms with Crippen LogP contribution in [0, 0.1) is 0 Å². The number of aromatic nitrogens is 4. The van der Waals surface area contributed by atoms with Crippen LogP contribution in [0.4, 0.5) is 0 Å². The van der Waals surface area contributed by atoms with E-state index in [2.05, 4.69) is 142 Å². The van der Waals surface area contributed by atoms with Crippen LogP contribution in [0.2, 0.25) is 0 Å². The van der Waals surface area contributed by atoms with E-state index in [1.54, 1.807) is 0 Å². The molecule has 45 heavy (non-hydrogen) atoms. The van der Waals surface area contributed by atoms with E-state index in [0.717, 1.165) is 21.9 Å². The fourth-order valence-corrected chi connectivity index (χ4v) is 8.89. The predicted octanol–water partition coefficient (Wildman–Crippen LogP) is 10.8. The first-order valence-electron chi connectivity index (χ1n) is 15.3. The van der Waals surface area contributed by atoms with Gasteiger partial charge in [-0.2, -0.15) is 0 Å². The van der Waals surface area contributed by atoms with Crippen LogP contribution in [0.25, 0.3) is 96.8 Å². The molecule has 0 amide bonds. The minimum absolute atomic E-state index is 0.989. The number of fused-ring (bicyclic) bond motifs is 16. The van der Waals surface area contributed by atoms with Crippen LogP contribution in [0.15, 0.2) is 128 Å². The highest BCUT2D eigenvalue weighted by Gasteiger charge is 2.23. The summed E-state index contributed by atoms with van der Waals surface area (Å²) in [5.74, 6) is 0. The molecule has 0 aliphatic carbocycles. The van der Waals surface area contributed by atoms with Gasteiger partial charge in [-0.1, -0.05) is 66.7 Å². The van der Waals surface area contributed by atoms with Crippen LogP contribution in [0.5, 0.6) is 0 Å². The van der Waals surface area contributed by atoms with Gasteiger partial charge in [-0.3, -0.25) is 4.98 Å². The molecule has 0 radical (unpaired) electrons. The van der Waals surface area contributed by atoms with E-state index in [-0.39, 0.29) is 0 Å². The average Bonchev–Trinajstić information content (AvgIpc) is 3.80.